The molecule has 6 heteroatoms. The fourth-order valence-corrected chi connectivity index (χ4v) is 3.61. The third-order valence-corrected chi connectivity index (χ3v) is 4.75. The van der Waals surface area contributed by atoms with E-state index < -0.39 is 10.0 Å². The van der Waals surface area contributed by atoms with E-state index in [2.05, 4.69) is 10.0 Å². The predicted octanol–water partition coefficient (Wildman–Crippen LogP) is 1.88. The Bertz CT molecular complexity index is 525. The number of hydrogen-bond acceptors (Lipinski definition) is 4. The Kier molecular flexibility index (Phi) is 6.45. The quantitative estimate of drug-likeness (QED) is 0.769. The van der Waals surface area contributed by atoms with Crippen LogP contribution in [-0.2, 0) is 16.6 Å². The summed E-state index contributed by atoms with van der Waals surface area (Å²) in [5, 5.41) is 3.01. The largest absolute Gasteiger partial charge is 0.495 e. The molecule has 0 unspecified atom stereocenters. The number of methoxy groups -OCH3 is 1. The first-order valence-electron chi connectivity index (χ1n) is 6.82. The van der Waals surface area contributed by atoms with Gasteiger partial charge in [0.05, 0.1) is 7.11 Å². The summed E-state index contributed by atoms with van der Waals surface area (Å²) < 4.78 is 32.9. The van der Waals surface area contributed by atoms with Crippen molar-refractivity contribution >= 4 is 10.0 Å². The molecule has 0 saturated heterocycles. The average Bonchev–Trinajstić information content (AvgIpc) is 2.45. The number of nitrogens with one attached hydrogen (secondary N) is 2. The molecular weight excluding hydrogens is 276 g/mol. The molecule has 0 saturated carbocycles. The van der Waals surface area contributed by atoms with E-state index in [0.29, 0.717) is 12.3 Å². The maximum atomic E-state index is 12.5. The molecule has 0 bridgehead atoms. The van der Waals surface area contributed by atoms with Crippen molar-refractivity contribution in [2.45, 2.75) is 44.2 Å². The topological polar surface area (TPSA) is 67.4 Å². The van der Waals surface area contributed by atoms with Crippen molar-refractivity contribution in [3.05, 3.63) is 23.8 Å². The zero-order chi connectivity index (χ0) is 15.2. The van der Waals surface area contributed by atoms with Gasteiger partial charge < -0.3 is 10.1 Å². The molecule has 0 heterocycles. The molecule has 0 aliphatic heterocycles. The van der Waals surface area contributed by atoms with Gasteiger partial charge in [-0.25, -0.2) is 13.1 Å². The van der Waals surface area contributed by atoms with Crippen molar-refractivity contribution in [3.8, 4) is 5.75 Å². The van der Waals surface area contributed by atoms with Crippen LogP contribution in [-0.4, -0.2) is 28.6 Å². The molecular formula is C14H24N2O3S. The van der Waals surface area contributed by atoms with Crippen molar-refractivity contribution in [2.24, 2.45) is 0 Å². The molecule has 0 aliphatic carbocycles. The molecule has 0 aliphatic rings. The number of benzene rings is 1. The maximum Gasteiger partial charge on any atom is 0.244 e. The minimum atomic E-state index is -3.57. The van der Waals surface area contributed by atoms with Crippen molar-refractivity contribution in [1.29, 1.82) is 0 Å². The van der Waals surface area contributed by atoms with Gasteiger partial charge in [-0.2, -0.15) is 0 Å². The fraction of sp³-hybridized carbons (Fsp3) is 0.571. The van der Waals surface area contributed by atoms with Crippen molar-refractivity contribution < 1.29 is 13.2 Å². The van der Waals surface area contributed by atoms with E-state index >= 15 is 0 Å². The van der Waals surface area contributed by atoms with Crippen LogP contribution >= 0.6 is 0 Å². The molecule has 1 aromatic rings. The zero-order valence-electron chi connectivity index (χ0n) is 12.6. The monoisotopic (exact) mass is 300 g/mol. The Labute approximate surface area is 121 Å². The third kappa shape index (κ3) is 4.19. The average molecular weight is 300 g/mol. The summed E-state index contributed by atoms with van der Waals surface area (Å²) in [6.45, 7) is 4.54. The predicted molar refractivity (Wildman–Crippen MR) is 80.4 cm³/mol. The van der Waals surface area contributed by atoms with Gasteiger partial charge >= 0.3 is 0 Å². The van der Waals surface area contributed by atoms with Crippen molar-refractivity contribution in [2.75, 3.05) is 14.2 Å². The molecule has 20 heavy (non-hydrogen) atoms. The lowest BCUT2D eigenvalue weighted by molar-refractivity contribution is 0.401. The Morgan fingerprint density at radius 1 is 1.25 bits per heavy atom. The molecule has 2 N–H and O–H groups in total. The Balaban J connectivity index is 3.17. The molecule has 0 spiro atoms. The SMILES string of the molecule is CCC(CC)NS(=O)(=O)c1cc(CNC)ccc1OC. The molecule has 1 aromatic carbocycles. The van der Waals surface area contributed by atoms with Gasteiger partial charge in [0.25, 0.3) is 0 Å². The van der Waals surface area contributed by atoms with E-state index in [1.807, 2.05) is 27.0 Å². The molecule has 0 amide bonds. The first kappa shape index (κ1) is 16.9. The summed E-state index contributed by atoms with van der Waals surface area (Å²) >= 11 is 0. The lowest BCUT2D eigenvalue weighted by Crippen LogP contribution is -2.34. The van der Waals surface area contributed by atoms with Crippen LogP contribution in [0.25, 0.3) is 0 Å². The first-order valence-corrected chi connectivity index (χ1v) is 8.30. The summed E-state index contributed by atoms with van der Waals surface area (Å²) in [6.07, 6.45) is 1.52. The Morgan fingerprint density at radius 3 is 2.40 bits per heavy atom. The summed E-state index contributed by atoms with van der Waals surface area (Å²) in [4.78, 5) is 0.194. The Morgan fingerprint density at radius 2 is 1.90 bits per heavy atom. The second kappa shape index (κ2) is 7.61. The van der Waals surface area contributed by atoms with Crippen LogP contribution in [0.3, 0.4) is 0 Å². The van der Waals surface area contributed by atoms with Crippen molar-refractivity contribution in [1.82, 2.24) is 10.0 Å². The molecule has 1 rings (SSSR count). The van der Waals surface area contributed by atoms with Crippen LogP contribution in [0.15, 0.2) is 23.1 Å². The number of ether oxygens (including phenoxy) is 1. The molecule has 0 aromatic heterocycles. The van der Waals surface area contributed by atoms with Gasteiger partial charge in [0.15, 0.2) is 0 Å². The minimum absolute atomic E-state index is 0.0577. The van der Waals surface area contributed by atoms with E-state index in [-0.39, 0.29) is 10.9 Å². The van der Waals surface area contributed by atoms with Crippen LogP contribution < -0.4 is 14.8 Å². The highest BCUT2D eigenvalue weighted by Crippen LogP contribution is 2.25. The van der Waals surface area contributed by atoms with Crippen molar-refractivity contribution in [3.63, 3.8) is 0 Å². The summed E-state index contributed by atoms with van der Waals surface area (Å²) in [5.41, 5.74) is 0.901. The van der Waals surface area contributed by atoms with Gasteiger partial charge in [0, 0.05) is 12.6 Å². The fourth-order valence-electron chi connectivity index (χ4n) is 1.98. The van der Waals surface area contributed by atoms with Crippen LogP contribution in [0.4, 0.5) is 0 Å². The smallest absolute Gasteiger partial charge is 0.244 e. The highest BCUT2D eigenvalue weighted by atomic mass is 32.2. The second-order valence-electron chi connectivity index (χ2n) is 4.65. The van der Waals surface area contributed by atoms with Crippen LogP contribution in [0, 0.1) is 0 Å². The Hall–Kier alpha value is -1.11. The van der Waals surface area contributed by atoms with E-state index in [1.54, 1.807) is 12.1 Å². The summed E-state index contributed by atoms with van der Waals surface area (Å²) in [6, 6.07) is 5.14. The lowest BCUT2D eigenvalue weighted by Gasteiger charge is -2.17. The number of rotatable bonds is 8. The van der Waals surface area contributed by atoms with Gasteiger partial charge in [-0.1, -0.05) is 19.9 Å². The summed E-state index contributed by atoms with van der Waals surface area (Å²) in [5.74, 6) is 0.364. The molecule has 0 atom stereocenters. The van der Waals surface area contributed by atoms with Gasteiger partial charge in [-0.15, -0.1) is 0 Å². The molecule has 114 valence electrons. The first-order chi connectivity index (χ1) is 9.48. The normalized spacial score (nSPS) is 11.8. The number of hydrogen-bond donors (Lipinski definition) is 2. The van der Waals surface area contributed by atoms with Crippen LogP contribution in [0.2, 0.25) is 0 Å². The number of sulfonamides is 1. The maximum absolute atomic E-state index is 12.5. The van der Waals surface area contributed by atoms with Gasteiger partial charge in [-0.3, -0.25) is 0 Å². The third-order valence-electron chi connectivity index (χ3n) is 3.21. The lowest BCUT2D eigenvalue weighted by atomic mass is 10.2. The van der Waals surface area contributed by atoms with E-state index in [4.69, 9.17) is 4.74 Å². The minimum Gasteiger partial charge on any atom is -0.495 e. The van der Waals surface area contributed by atoms with Gasteiger partial charge in [-0.05, 0) is 37.6 Å². The summed E-state index contributed by atoms with van der Waals surface area (Å²) in [7, 11) is -0.274. The molecule has 0 radical (unpaired) electrons. The second-order valence-corrected chi connectivity index (χ2v) is 6.33. The highest BCUT2D eigenvalue weighted by molar-refractivity contribution is 7.89. The van der Waals surface area contributed by atoms with Crippen LogP contribution in [0.1, 0.15) is 32.3 Å². The van der Waals surface area contributed by atoms with E-state index in [9.17, 15) is 8.42 Å². The molecule has 5 nitrogen and oxygen atoms in total. The van der Waals surface area contributed by atoms with E-state index in [1.165, 1.54) is 7.11 Å². The molecule has 0 fully saturated rings. The zero-order valence-corrected chi connectivity index (χ0v) is 13.4. The van der Waals surface area contributed by atoms with Gasteiger partial charge in [0.1, 0.15) is 10.6 Å². The highest BCUT2D eigenvalue weighted by Gasteiger charge is 2.22. The van der Waals surface area contributed by atoms with Crippen LogP contribution in [0.5, 0.6) is 5.75 Å². The van der Waals surface area contributed by atoms with Gasteiger partial charge in [0.2, 0.25) is 10.0 Å². The standard InChI is InChI=1S/C14H24N2O3S/c1-5-12(6-2)16-20(17,18)14-9-11(10-15-3)7-8-13(14)19-4/h7-9,12,15-16H,5-6,10H2,1-4H3. The van der Waals surface area contributed by atoms with E-state index in [0.717, 1.165) is 18.4 Å².